The average molecular weight is 228 g/mol. The third kappa shape index (κ3) is 3.68. The summed E-state index contributed by atoms with van der Waals surface area (Å²) in [6.07, 6.45) is 2.49. The molecule has 0 radical (unpaired) electrons. The van der Waals surface area contributed by atoms with Crippen molar-refractivity contribution in [3.8, 4) is 0 Å². The van der Waals surface area contributed by atoms with E-state index < -0.39 is 0 Å². The van der Waals surface area contributed by atoms with Crippen LogP contribution in [0.25, 0.3) is 10.9 Å². The molecule has 2 aromatic rings. The lowest BCUT2D eigenvalue weighted by Crippen LogP contribution is -2.19. The monoisotopic (exact) mass is 228 g/mol. The first-order valence-corrected chi connectivity index (χ1v) is 6.02. The maximum Gasteiger partial charge on any atom is 0.0705 e. The molecule has 17 heavy (non-hydrogen) atoms. The van der Waals surface area contributed by atoms with Gasteiger partial charge in [-0.25, -0.2) is 0 Å². The van der Waals surface area contributed by atoms with E-state index in [1.54, 1.807) is 6.08 Å². The van der Waals surface area contributed by atoms with Crippen molar-refractivity contribution < 1.29 is 0 Å². The van der Waals surface area contributed by atoms with Gasteiger partial charge in [-0.15, -0.1) is 6.58 Å². The van der Waals surface area contributed by atoms with Gasteiger partial charge < -0.3 is 5.73 Å². The zero-order chi connectivity index (χ0) is 12.7. The van der Waals surface area contributed by atoms with Gasteiger partial charge in [0.2, 0.25) is 0 Å². The molecule has 0 bridgehead atoms. The first kappa shape index (κ1) is 13.4. The number of aromatic nitrogens is 1. The summed E-state index contributed by atoms with van der Waals surface area (Å²) in [4.78, 5) is 4.54. The van der Waals surface area contributed by atoms with Crippen LogP contribution in [0.4, 0.5) is 0 Å². The molecular formula is C15H20N2. The van der Waals surface area contributed by atoms with Gasteiger partial charge in [-0.3, -0.25) is 4.98 Å². The smallest absolute Gasteiger partial charge is 0.0705 e. The SMILES string of the molecule is C=CC(N)Cc1ccc2ccccc2n1.CC. The molecule has 0 aliphatic carbocycles. The molecule has 1 unspecified atom stereocenters. The van der Waals surface area contributed by atoms with E-state index >= 15 is 0 Å². The fourth-order valence-corrected chi connectivity index (χ4v) is 1.55. The lowest BCUT2D eigenvalue weighted by molar-refractivity contribution is 0.793. The molecule has 2 N–H and O–H groups in total. The predicted octanol–water partition coefficient (Wildman–Crippen LogP) is 3.32. The molecule has 1 aromatic heterocycles. The Morgan fingerprint density at radius 2 is 1.94 bits per heavy atom. The lowest BCUT2D eigenvalue weighted by atomic mass is 10.1. The van der Waals surface area contributed by atoms with E-state index in [-0.39, 0.29) is 6.04 Å². The van der Waals surface area contributed by atoms with Gasteiger partial charge in [0.15, 0.2) is 0 Å². The third-order valence-corrected chi connectivity index (χ3v) is 2.40. The van der Waals surface area contributed by atoms with Gasteiger partial charge in [-0.1, -0.05) is 44.2 Å². The fourth-order valence-electron chi connectivity index (χ4n) is 1.55. The molecular weight excluding hydrogens is 208 g/mol. The number of nitrogens with zero attached hydrogens (tertiary/aromatic N) is 1. The zero-order valence-electron chi connectivity index (χ0n) is 10.6. The van der Waals surface area contributed by atoms with E-state index in [4.69, 9.17) is 5.73 Å². The molecule has 1 aromatic carbocycles. The van der Waals surface area contributed by atoms with Gasteiger partial charge in [0, 0.05) is 23.5 Å². The summed E-state index contributed by atoms with van der Waals surface area (Å²) in [5.41, 5.74) is 7.83. The quantitative estimate of drug-likeness (QED) is 0.818. The van der Waals surface area contributed by atoms with Crippen LogP contribution in [0.1, 0.15) is 19.5 Å². The van der Waals surface area contributed by atoms with Crippen LogP contribution in [-0.4, -0.2) is 11.0 Å². The van der Waals surface area contributed by atoms with Crippen molar-refractivity contribution in [3.63, 3.8) is 0 Å². The highest BCUT2D eigenvalue weighted by atomic mass is 14.7. The summed E-state index contributed by atoms with van der Waals surface area (Å²) in [6, 6.07) is 12.2. The van der Waals surface area contributed by atoms with Crippen molar-refractivity contribution in [2.75, 3.05) is 0 Å². The Kier molecular flexibility index (Phi) is 5.37. The van der Waals surface area contributed by atoms with Crippen LogP contribution in [0.3, 0.4) is 0 Å². The molecule has 2 nitrogen and oxygen atoms in total. The standard InChI is InChI=1S/C13H14N2.C2H6/c1-2-11(14)9-12-8-7-10-5-3-4-6-13(10)15-12;1-2/h2-8,11H,1,9,14H2;1-2H3. The van der Waals surface area contributed by atoms with Crippen LogP contribution in [-0.2, 0) is 6.42 Å². The summed E-state index contributed by atoms with van der Waals surface area (Å²) in [5, 5.41) is 1.16. The van der Waals surface area contributed by atoms with Crippen molar-refractivity contribution in [1.29, 1.82) is 0 Å². The first-order valence-electron chi connectivity index (χ1n) is 6.02. The second kappa shape index (κ2) is 6.81. The molecule has 0 aliphatic heterocycles. The molecule has 0 saturated carbocycles. The number of pyridine rings is 1. The Balaban J connectivity index is 0.000000686. The Morgan fingerprint density at radius 1 is 1.24 bits per heavy atom. The Morgan fingerprint density at radius 3 is 2.65 bits per heavy atom. The van der Waals surface area contributed by atoms with Crippen molar-refractivity contribution in [3.05, 3.63) is 54.7 Å². The van der Waals surface area contributed by atoms with E-state index in [1.165, 1.54) is 0 Å². The van der Waals surface area contributed by atoms with E-state index in [9.17, 15) is 0 Å². The van der Waals surface area contributed by atoms with Crippen molar-refractivity contribution >= 4 is 10.9 Å². The van der Waals surface area contributed by atoms with Crippen LogP contribution >= 0.6 is 0 Å². The van der Waals surface area contributed by atoms with Crippen molar-refractivity contribution in [2.24, 2.45) is 5.73 Å². The lowest BCUT2D eigenvalue weighted by Gasteiger charge is -2.06. The number of fused-ring (bicyclic) bond motifs is 1. The molecule has 0 fully saturated rings. The molecule has 0 aliphatic rings. The minimum absolute atomic E-state index is 0.0151. The molecule has 1 atom stereocenters. The maximum atomic E-state index is 5.79. The zero-order valence-corrected chi connectivity index (χ0v) is 10.6. The normalized spacial score (nSPS) is 11.5. The second-order valence-electron chi connectivity index (χ2n) is 3.60. The molecule has 0 spiro atoms. The van der Waals surface area contributed by atoms with Gasteiger partial charge in [0.25, 0.3) is 0 Å². The van der Waals surface area contributed by atoms with Crippen LogP contribution in [0.5, 0.6) is 0 Å². The van der Waals surface area contributed by atoms with Crippen LogP contribution < -0.4 is 5.73 Å². The Labute approximate surface area is 103 Å². The van der Waals surface area contributed by atoms with Gasteiger partial charge in [-0.05, 0) is 12.1 Å². The maximum absolute atomic E-state index is 5.79. The van der Waals surface area contributed by atoms with Gasteiger partial charge >= 0.3 is 0 Å². The average Bonchev–Trinajstić information content (AvgIpc) is 2.41. The highest BCUT2D eigenvalue weighted by Gasteiger charge is 2.01. The van der Waals surface area contributed by atoms with Gasteiger partial charge in [0.05, 0.1) is 5.52 Å². The molecule has 90 valence electrons. The highest BCUT2D eigenvalue weighted by molar-refractivity contribution is 5.78. The van der Waals surface area contributed by atoms with Crippen molar-refractivity contribution in [1.82, 2.24) is 4.98 Å². The van der Waals surface area contributed by atoms with Gasteiger partial charge in [0.1, 0.15) is 0 Å². The molecule has 0 saturated heterocycles. The minimum atomic E-state index is -0.0151. The summed E-state index contributed by atoms with van der Waals surface area (Å²) in [7, 11) is 0. The summed E-state index contributed by atoms with van der Waals surface area (Å²) in [5.74, 6) is 0. The number of rotatable bonds is 3. The summed E-state index contributed by atoms with van der Waals surface area (Å²) < 4.78 is 0. The van der Waals surface area contributed by atoms with E-state index in [0.717, 1.165) is 23.0 Å². The largest absolute Gasteiger partial charge is 0.324 e. The molecule has 0 amide bonds. The van der Waals surface area contributed by atoms with Crippen molar-refractivity contribution in [2.45, 2.75) is 26.3 Å². The fraction of sp³-hybridized carbons (Fsp3) is 0.267. The van der Waals surface area contributed by atoms with Gasteiger partial charge in [-0.2, -0.15) is 0 Å². The number of para-hydroxylation sites is 1. The summed E-state index contributed by atoms with van der Waals surface area (Å²) in [6.45, 7) is 7.67. The topological polar surface area (TPSA) is 38.9 Å². The number of hydrogen-bond donors (Lipinski definition) is 1. The molecule has 1 heterocycles. The minimum Gasteiger partial charge on any atom is -0.324 e. The third-order valence-electron chi connectivity index (χ3n) is 2.40. The number of nitrogens with two attached hydrogens (primary N) is 1. The van der Waals surface area contributed by atoms with E-state index in [0.29, 0.717) is 0 Å². The molecule has 2 rings (SSSR count). The highest BCUT2D eigenvalue weighted by Crippen LogP contribution is 2.12. The van der Waals surface area contributed by atoms with Crippen LogP contribution in [0, 0.1) is 0 Å². The number of hydrogen-bond acceptors (Lipinski definition) is 2. The molecule has 2 heteroatoms. The van der Waals surface area contributed by atoms with Crippen LogP contribution in [0.2, 0.25) is 0 Å². The first-order chi connectivity index (χ1) is 8.29. The Bertz CT molecular complexity index is 477. The summed E-state index contributed by atoms with van der Waals surface area (Å²) >= 11 is 0. The van der Waals surface area contributed by atoms with E-state index in [2.05, 4.69) is 23.7 Å². The Hall–Kier alpha value is -1.67. The number of benzene rings is 1. The van der Waals surface area contributed by atoms with Crippen LogP contribution in [0.15, 0.2) is 49.1 Å². The predicted molar refractivity (Wildman–Crippen MR) is 75.0 cm³/mol. The van der Waals surface area contributed by atoms with E-state index in [1.807, 2.05) is 38.1 Å². The second-order valence-corrected chi connectivity index (χ2v) is 3.60.